The van der Waals surface area contributed by atoms with Gasteiger partial charge in [-0.3, -0.25) is 4.79 Å². The Bertz CT molecular complexity index is 244. The summed E-state index contributed by atoms with van der Waals surface area (Å²) in [5, 5.41) is 6.45. The van der Waals surface area contributed by atoms with Crippen molar-refractivity contribution in [1.82, 2.24) is 10.6 Å². The number of carbonyl (C=O) groups excluding carboxylic acids is 1. The molecule has 0 radical (unpaired) electrons. The Balaban J connectivity index is 2.30. The molecule has 16 heavy (non-hydrogen) atoms. The molecule has 1 aliphatic carbocycles. The highest BCUT2D eigenvalue weighted by atomic mass is 16.2. The molecule has 1 rings (SSSR count). The van der Waals surface area contributed by atoms with E-state index in [1.165, 1.54) is 12.8 Å². The van der Waals surface area contributed by atoms with Crippen LogP contribution in [0.5, 0.6) is 0 Å². The number of hydrogen-bond acceptors (Lipinski definition) is 2. The van der Waals surface area contributed by atoms with Gasteiger partial charge < -0.3 is 10.6 Å². The largest absolute Gasteiger partial charge is 0.350 e. The normalized spacial score (nSPS) is 27.1. The summed E-state index contributed by atoms with van der Waals surface area (Å²) in [5.74, 6) is 0.936. The number of rotatable bonds is 5. The first kappa shape index (κ1) is 13.5. The molecule has 0 aromatic carbocycles. The molecule has 1 atom stereocenters. The van der Waals surface area contributed by atoms with Crippen LogP contribution in [0.1, 0.15) is 53.9 Å². The van der Waals surface area contributed by atoms with Gasteiger partial charge in [0.2, 0.25) is 5.91 Å². The number of nitrogens with one attached hydrogen (secondary N) is 2. The highest BCUT2D eigenvalue weighted by Crippen LogP contribution is 2.26. The first-order chi connectivity index (χ1) is 7.34. The van der Waals surface area contributed by atoms with Gasteiger partial charge in [-0.05, 0) is 46.0 Å². The second-order valence-electron chi connectivity index (χ2n) is 5.89. The average molecular weight is 226 g/mol. The summed E-state index contributed by atoms with van der Waals surface area (Å²) in [5.41, 5.74) is -0.0973. The van der Waals surface area contributed by atoms with E-state index in [0.29, 0.717) is 6.04 Å². The van der Waals surface area contributed by atoms with E-state index >= 15 is 0 Å². The van der Waals surface area contributed by atoms with Crippen LogP contribution in [0.3, 0.4) is 0 Å². The molecule has 2 N–H and O–H groups in total. The van der Waals surface area contributed by atoms with Gasteiger partial charge >= 0.3 is 0 Å². The zero-order valence-corrected chi connectivity index (χ0v) is 11.3. The minimum atomic E-state index is -0.0973. The topological polar surface area (TPSA) is 41.1 Å². The Morgan fingerprint density at radius 2 is 2.00 bits per heavy atom. The summed E-state index contributed by atoms with van der Waals surface area (Å²) in [7, 11) is 0. The minimum absolute atomic E-state index is 0.0803. The molecule has 0 spiro atoms. The van der Waals surface area contributed by atoms with E-state index in [-0.39, 0.29) is 17.5 Å². The fourth-order valence-corrected chi connectivity index (χ4v) is 2.00. The third-order valence-corrected chi connectivity index (χ3v) is 3.60. The first-order valence-electron chi connectivity index (χ1n) is 6.42. The van der Waals surface area contributed by atoms with Crippen LogP contribution in [0.15, 0.2) is 0 Å². The monoisotopic (exact) mass is 226 g/mol. The van der Waals surface area contributed by atoms with Crippen LogP contribution in [-0.2, 0) is 4.79 Å². The molecule has 3 nitrogen and oxygen atoms in total. The molecule has 1 unspecified atom stereocenters. The van der Waals surface area contributed by atoms with Crippen LogP contribution in [-0.4, -0.2) is 23.5 Å². The summed E-state index contributed by atoms with van der Waals surface area (Å²) >= 11 is 0. The molecule has 1 saturated carbocycles. The van der Waals surface area contributed by atoms with Crippen LogP contribution < -0.4 is 10.6 Å². The Labute approximate surface area is 99.4 Å². The third kappa shape index (κ3) is 3.78. The molecule has 1 amide bonds. The molecule has 0 aromatic heterocycles. The van der Waals surface area contributed by atoms with Crippen molar-refractivity contribution in [2.75, 3.05) is 0 Å². The number of amides is 1. The van der Waals surface area contributed by atoms with E-state index in [2.05, 4.69) is 38.3 Å². The van der Waals surface area contributed by atoms with Crippen LogP contribution in [0, 0.1) is 5.92 Å². The smallest absolute Gasteiger partial charge is 0.237 e. The zero-order chi connectivity index (χ0) is 12.3. The molecular weight excluding hydrogens is 200 g/mol. The maximum Gasteiger partial charge on any atom is 0.237 e. The van der Waals surface area contributed by atoms with Crippen molar-refractivity contribution in [2.24, 2.45) is 5.92 Å². The van der Waals surface area contributed by atoms with E-state index in [0.717, 1.165) is 12.3 Å². The van der Waals surface area contributed by atoms with Gasteiger partial charge in [0.25, 0.3) is 0 Å². The second kappa shape index (κ2) is 5.17. The van der Waals surface area contributed by atoms with Gasteiger partial charge in [0, 0.05) is 11.6 Å². The molecule has 0 bridgehead atoms. The quantitative estimate of drug-likeness (QED) is 0.753. The molecular formula is C13H26N2O. The van der Waals surface area contributed by atoms with Crippen molar-refractivity contribution in [2.45, 2.75) is 71.5 Å². The lowest BCUT2D eigenvalue weighted by Crippen LogP contribution is -2.54. The van der Waals surface area contributed by atoms with Crippen molar-refractivity contribution >= 4 is 5.91 Å². The third-order valence-electron chi connectivity index (χ3n) is 3.60. The van der Waals surface area contributed by atoms with E-state index in [9.17, 15) is 4.79 Å². The second-order valence-corrected chi connectivity index (χ2v) is 5.89. The fraction of sp³-hybridized carbons (Fsp3) is 0.923. The van der Waals surface area contributed by atoms with Gasteiger partial charge in [0.15, 0.2) is 0 Å². The lowest BCUT2D eigenvalue weighted by atomic mass is 9.81. The number of carbonyl (C=O) groups is 1. The van der Waals surface area contributed by atoms with Crippen LogP contribution in [0.25, 0.3) is 0 Å². The Morgan fingerprint density at radius 3 is 2.44 bits per heavy atom. The van der Waals surface area contributed by atoms with Crippen molar-refractivity contribution in [3.05, 3.63) is 0 Å². The van der Waals surface area contributed by atoms with Gasteiger partial charge in [-0.1, -0.05) is 13.8 Å². The Hall–Kier alpha value is -0.570. The lowest BCUT2D eigenvalue weighted by molar-refractivity contribution is -0.124. The van der Waals surface area contributed by atoms with Gasteiger partial charge in [-0.15, -0.1) is 0 Å². The predicted molar refractivity (Wildman–Crippen MR) is 67.3 cm³/mol. The Morgan fingerprint density at radius 1 is 1.44 bits per heavy atom. The molecule has 3 heteroatoms. The molecule has 0 aromatic rings. The van der Waals surface area contributed by atoms with Gasteiger partial charge in [0.1, 0.15) is 0 Å². The molecule has 94 valence electrons. The summed E-state index contributed by atoms with van der Waals surface area (Å²) < 4.78 is 0. The maximum absolute atomic E-state index is 11.9. The van der Waals surface area contributed by atoms with Crippen LogP contribution >= 0.6 is 0 Å². The fourth-order valence-electron chi connectivity index (χ4n) is 2.00. The van der Waals surface area contributed by atoms with Crippen molar-refractivity contribution in [3.8, 4) is 0 Å². The highest BCUT2D eigenvalue weighted by Gasteiger charge is 2.29. The van der Waals surface area contributed by atoms with Crippen LogP contribution in [0.2, 0.25) is 0 Å². The van der Waals surface area contributed by atoms with Gasteiger partial charge in [0.05, 0.1) is 6.04 Å². The summed E-state index contributed by atoms with van der Waals surface area (Å²) in [6.45, 7) is 10.4. The molecule has 1 aliphatic rings. The standard InChI is InChI=1S/C13H26N2O/c1-6-13(4,5)15-12(16)10(3)14-11-7-9(2)8-11/h9-11,14H,6-8H2,1-5H3,(H,15,16). The van der Waals surface area contributed by atoms with E-state index in [1.807, 2.05) is 6.92 Å². The van der Waals surface area contributed by atoms with Gasteiger partial charge in [-0.2, -0.15) is 0 Å². The molecule has 0 aliphatic heterocycles. The lowest BCUT2D eigenvalue weighted by Gasteiger charge is -2.36. The zero-order valence-electron chi connectivity index (χ0n) is 11.3. The van der Waals surface area contributed by atoms with E-state index in [4.69, 9.17) is 0 Å². The van der Waals surface area contributed by atoms with E-state index < -0.39 is 0 Å². The maximum atomic E-state index is 11.9. The summed E-state index contributed by atoms with van der Waals surface area (Å²) in [4.78, 5) is 11.9. The van der Waals surface area contributed by atoms with Gasteiger partial charge in [-0.25, -0.2) is 0 Å². The van der Waals surface area contributed by atoms with E-state index in [1.54, 1.807) is 0 Å². The van der Waals surface area contributed by atoms with Crippen molar-refractivity contribution in [1.29, 1.82) is 0 Å². The summed E-state index contributed by atoms with van der Waals surface area (Å²) in [6.07, 6.45) is 3.36. The average Bonchev–Trinajstić information content (AvgIpc) is 2.14. The summed E-state index contributed by atoms with van der Waals surface area (Å²) in [6, 6.07) is 0.462. The predicted octanol–water partition coefficient (Wildman–Crippen LogP) is 2.07. The first-order valence-corrected chi connectivity index (χ1v) is 6.42. The molecule has 1 fully saturated rings. The van der Waals surface area contributed by atoms with Crippen molar-refractivity contribution < 1.29 is 4.79 Å². The Kier molecular flexibility index (Phi) is 4.36. The molecule has 0 heterocycles. The number of hydrogen-bond donors (Lipinski definition) is 2. The minimum Gasteiger partial charge on any atom is -0.350 e. The van der Waals surface area contributed by atoms with Crippen molar-refractivity contribution in [3.63, 3.8) is 0 Å². The molecule has 0 saturated heterocycles. The highest BCUT2D eigenvalue weighted by molar-refractivity contribution is 5.82. The van der Waals surface area contributed by atoms with Crippen LogP contribution in [0.4, 0.5) is 0 Å². The SMILES string of the molecule is CCC(C)(C)NC(=O)C(C)NC1CC(C)C1.